The van der Waals surface area contributed by atoms with Gasteiger partial charge in [0, 0.05) is 16.5 Å². The summed E-state index contributed by atoms with van der Waals surface area (Å²) in [6, 6.07) is 10.9. The topological polar surface area (TPSA) is 58.2 Å². The summed E-state index contributed by atoms with van der Waals surface area (Å²) in [5.41, 5.74) is 6.27. The lowest BCUT2D eigenvalue weighted by atomic mass is 10.1. The molecule has 2 rings (SSSR count). The minimum atomic E-state index is -0.376. The number of nitrogens with one attached hydrogen (secondary N) is 2. The Morgan fingerprint density at radius 1 is 1.10 bits per heavy atom. The molecule has 4 nitrogen and oxygen atoms in total. The van der Waals surface area contributed by atoms with E-state index in [1.807, 2.05) is 36.6 Å². The summed E-state index contributed by atoms with van der Waals surface area (Å²) >= 11 is 1.53. The van der Waals surface area contributed by atoms with Gasteiger partial charge in [-0.1, -0.05) is 23.8 Å². The third kappa shape index (κ3) is 4.07. The molecule has 20 heavy (non-hydrogen) atoms. The van der Waals surface area contributed by atoms with Gasteiger partial charge < -0.3 is 0 Å². The lowest BCUT2D eigenvalue weighted by Crippen LogP contribution is -2.40. The molecule has 102 valence electrons. The molecule has 0 unspecified atom stereocenters. The zero-order valence-electron chi connectivity index (χ0n) is 10.9. The smallest absolute Gasteiger partial charge is 0.268 e. The lowest BCUT2D eigenvalue weighted by molar-refractivity contribution is -0.117. The Kier molecular flexibility index (Phi) is 4.68. The molecule has 5 heteroatoms. The number of thiophene rings is 1. The van der Waals surface area contributed by atoms with E-state index in [2.05, 4.69) is 10.9 Å². The molecule has 0 radical (unpaired) electrons. The highest BCUT2D eigenvalue weighted by atomic mass is 32.1. The summed E-state index contributed by atoms with van der Waals surface area (Å²) in [6.07, 6.45) is 3.07. The third-order valence-electron chi connectivity index (χ3n) is 2.56. The highest BCUT2D eigenvalue weighted by Gasteiger charge is 2.05. The quantitative estimate of drug-likeness (QED) is 0.673. The van der Waals surface area contributed by atoms with Crippen molar-refractivity contribution in [2.45, 2.75) is 6.92 Å². The Bertz CT molecular complexity index is 616. The molecule has 0 bridgehead atoms. The average molecular weight is 286 g/mol. The first-order valence-corrected chi connectivity index (χ1v) is 6.92. The summed E-state index contributed by atoms with van der Waals surface area (Å²) < 4.78 is 0. The van der Waals surface area contributed by atoms with E-state index in [9.17, 15) is 9.59 Å². The predicted molar refractivity (Wildman–Crippen MR) is 80.1 cm³/mol. The molecule has 2 N–H and O–H groups in total. The van der Waals surface area contributed by atoms with Crippen molar-refractivity contribution in [3.05, 3.63) is 63.9 Å². The van der Waals surface area contributed by atoms with Crippen molar-refractivity contribution in [1.82, 2.24) is 10.9 Å². The number of hydrogen-bond acceptors (Lipinski definition) is 3. The number of hydrazine groups is 1. The van der Waals surface area contributed by atoms with Crippen LogP contribution in [0.1, 0.15) is 20.8 Å². The molecule has 2 aromatic rings. The Morgan fingerprint density at radius 2 is 1.85 bits per heavy atom. The van der Waals surface area contributed by atoms with Crippen molar-refractivity contribution in [2.24, 2.45) is 0 Å². The fourth-order valence-electron chi connectivity index (χ4n) is 1.48. The Labute approximate surface area is 121 Å². The number of hydrogen-bond donors (Lipinski definition) is 2. The van der Waals surface area contributed by atoms with Gasteiger partial charge in [-0.2, -0.15) is 0 Å². The zero-order valence-corrected chi connectivity index (χ0v) is 11.7. The Hall–Kier alpha value is -2.40. The van der Waals surface area contributed by atoms with Crippen molar-refractivity contribution in [1.29, 1.82) is 0 Å². The number of carbonyl (C=O) groups is 2. The van der Waals surface area contributed by atoms with Crippen LogP contribution >= 0.6 is 11.3 Å². The van der Waals surface area contributed by atoms with Crippen LogP contribution in [0.15, 0.2) is 47.9 Å². The molecule has 1 aromatic heterocycles. The third-order valence-corrected chi connectivity index (χ3v) is 3.39. The summed E-state index contributed by atoms with van der Waals surface area (Å²) in [5, 5.41) is 1.93. The van der Waals surface area contributed by atoms with Crippen LogP contribution in [0.4, 0.5) is 0 Å². The van der Waals surface area contributed by atoms with Crippen LogP contribution in [0.25, 0.3) is 6.08 Å². The second kappa shape index (κ2) is 6.68. The van der Waals surface area contributed by atoms with Gasteiger partial charge in [0.2, 0.25) is 0 Å². The normalized spacial score (nSPS) is 10.4. The standard InChI is InChI=1S/C15H14N2O2S/c1-11-4-6-12(7-5-11)15(19)17-16-14(18)9-8-13-3-2-10-20-13/h2-10H,1H3,(H,16,18)(H,17,19)/b9-8+. The number of amides is 2. The van der Waals surface area contributed by atoms with Crippen molar-refractivity contribution in [3.8, 4) is 0 Å². The van der Waals surface area contributed by atoms with Gasteiger partial charge in [0.05, 0.1) is 0 Å². The van der Waals surface area contributed by atoms with E-state index in [4.69, 9.17) is 0 Å². The van der Waals surface area contributed by atoms with Crippen LogP contribution in [0.3, 0.4) is 0 Å². The molecule has 0 fully saturated rings. The molecule has 0 saturated carbocycles. The van der Waals surface area contributed by atoms with E-state index >= 15 is 0 Å². The van der Waals surface area contributed by atoms with Crippen LogP contribution in [-0.4, -0.2) is 11.8 Å². The molecule has 0 aliphatic rings. The summed E-state index contributed by atoms with van der Waals surface area (Å²) in [6.45, 7) is 1.94. The molecule has 0 spiro atoms. The van der Waals surface area contributed by atoms with E-state index in [0.717, 1.165) is 10.4 Å². The highest BCUT2D eigenvalue weighted by molar-refractivity contribution is 7.10. The van der Waals surface area contributed by atoms with Gasteiger partial charge in [0.25, 0.3) is 11.8 Å². The highest BCUT2D eigenvalue weighted by Crippen LogP contribution is 2.09. The van der Waals surface area contributed by atoms with Gasteiger partial charge in [-0.05, 0) is 36.6 Å². The number of carbonyl (C=O) groups excluding carboxylic acids is 2. The first kappa shape index (κ1) is 14.0. The van der Waals surface area contributed by atoms with Crippen molar-refractivity contribution in [2.75, 3.05) is 0 Å². The number of aryl methyl sites for hydroxylation is 1. The summed E-state index contributed by atoms with van der Waals surface area (Å²) in [5.74, 6) is -0.721. The van der Waals surface area contributed by atoms with Crippen LogP contribution in [0.5, 0.6) is 0 Å². The van der Waals surface area contributed by atoms with E-state index in [1.165, 1.54) is 17.4 Å². The molecular formula is C15H14N2O2S. The van der Waals surface area contributed by atoms with E-state index in [-0.39, 0.29) is 11.8 Å². The summed E-state index contributed by atoms with van der Waals surface area (Å²) in [7, 11) is 0. The van der Waals surface area contributed by atoms with Crippen LogP contribution in [-0.2, 0) is 4.79 Å². The molecular weight excluding hydrogens is 272 g/mol. The maximum Gasteiger partial charge on any atom is 0.269 e. The molecule has 0 aliphatic heterocycles. The minimum absolute atomic E-state index is 0.345. The maximum atomic E-state index is 11.7. The van der Waals surface area contributed by atoms with Crippen LogP contribution in [0, 0.1) is 6.92 Å². The van der Waals surface area contributed by atoms with Gasteiger partial charge in [-0.25, -0.2) is 0 Å². The Morgan fingerprint density at radius 3 is 2.50 bits per heavy atom. The second-order valence-corrected chi connectivity index (χ2v) is 5.14. The number of rotatable bonds is 3. The lowest BCUT2D eigenvalue weighted by Gasteiger charge is -2.05. The second-order valence-electron chi connectivity index (χ2n) is 4.16. The maximum absolute atomic E-state index is 11.7. The zero-order chi connectivity index (χ0) is 14.4. The molecule has 0 aliphatic carbocycles. The molecule has 0 atom stereocenters. The molecule has 1 heterocycles. The fraction of sp³-hybridized carbons (Fsp3) is 0.0667. The largest absolute Gasteiger partial charge is 0.269 e. The molecule has 2 amide bonds. The van der Waals surface area contributed by atoms with Gasteiger partial charge in [0.15, 0.2) is 0 Å². The van der Waals surface area contributed by atoms with E-state index in [0.29, 0.717) is 5.56 Å². The van der Waals surface area contributed by atoms with Crippen LogP contribution in [0.2, 0.25) is 0 Å². The SMILES string of the molecule is Cc1ccc(C(=O)NNC(=O)/C=C/c2cccs2)cc1. The number of benzene rings is 1. The Balaban J connectivity index is 1.84. The first-order valence-electron chi connectivity index (χ1n) is 6.04. The fourth-order valence-corrected chi connectivity index (χ4v) is 2.10. The first-order chi connectivity index (χ1) is 9.65. The van der Waals surface area contributed by atoms with Crippen molar-refractivity contribution in [3.63, 3.8) is 0 Å². The monoisotopic (exact) mass is 286 g/mol. The van der Waals surface area contributed by atoms with Crippen molar-refractivity contribution < 1.29 is 9.59 Å². The van der Waals surface area contributed by atoms with Crippen LogP contribution < -0.4 is 10.9 Å². The predicted octanol–water partition coefficient (Wildman–Crippen LogP) is 2.53. The molecule has 0 saturated heterocycles. The van der Waals surface area contributed by atoms with Gasteiger partial charge >= 0.3 is 0 Å². The van der Waals surface area contributed by atoms with Gasteiger partial charge in [-0.3, -0.25) is 20.4 Å². The van der Waals surface area contributed by atoms with Gasteiger partial charge in [0.1, 0.15) is 0 Å². The van der Waals surface area contributed by atoms with Crippen molar-refractivity contribution >= 4 is 29.2 Å². The average Bonchev–Trinajstić information content (AvgIpc) is 2.96. The van der Waals surface area contributed by atoms with E-state index in [1.54, 1.807) is 18.2 Å². The van der Waals surface area contributed by atoms with Gasteiger partial charge in [-0.15, -0.1) is 11.3 Å². The van der Waals surface area contributed by atoms with E-state index < -0.39 is 0 Å². The molecule has 1 aromatic carbocycles. The summed E-state index contributed by atoms with van der Waals surface area (Å²) in [4.78, 5) is 24.2. The minimum Gasteiger partial charge on any atom is -0.268 e.